The number of rotatable bonds is 2. The molecule has 1 saturated heterocycles. The molecule has 1 aliphatic rings. The lowest BCUT2D eigenvalue weighted by Gasteiger charge is -2.57. The summed E-state index contributed by atoms with van der Waals surface area (Å²) < 4.78 is 84.5. The van der Waals surface area contributed by atoms with E-state index >= 15 is 0 Å². The highest BCUT2D eigenvalue weighted by Crippen LogP contribution is 2.38. The van der Waals surface area contributed by atoms with Gasteiger partial charge in [0.05, 0.1) is 13.0 Å². The van der Waals surface area contributed by atoms with E-state index in [9.17, 15) is 26.3 Å². The van der Waals surface area contributed by atoms with E-state index in [1.807, 2.05) is 0 Å². The maximum atomic E-state index is 12.7. The van der Waals surface area contributed by atoms with Gasteiger partial charge in [0.25, 0.3) is 0 Å². The van der Waals surface area contributed by atoms with E-state index in [0.29, 0.717) is 0 Å². The summed E-state index contributed by atoms with van der Waals surface area (Å²) in [5, 5.41) is 2.74. The first-order valence-corrected chi connectivity index (χ1v) is 8.04. The number of alkyl halides is 6. The van der Waals surface area contributed by atoms with Crippen LogP contribution in [0.25, 0.3) is 0 Å². The molecule has 144 valence electrons. The number of hydrogen-bond acceptors (Lipinski definition) is 3. The van der Waals surface area contributed by atoms with Crippen molar-refractivity contribution in [3.63, 3.8) is 0 Å². The van der Waals surface area contributed by atoms with Crippen LogP contribution in [0, 0.1) is 0 Å². The van der Waals surface area contributed by atoms with Gasteiger partial charge in [0.1, 0.15) is 0 Å². The van der Waals surface area contributed by atoms with Crippen molar-refractivity contribution in [2.75, 3.05) is 13.1 Å². The van der Waals surface area contributed by atoms with E-state index < -0.39 is 50.7 Å². The molecule has 0 saturated carbocycles. The Morgan fingerprint density at radius 1 is 1.08 bits per heavy atom. The highest BCUT2D eigenvalue weighted by atomic mass is 31.1. The molecule has 0 aromatic carbocycles. The smallest absolute Gasteiger partial charge is 0.310 e. The Kier molecular flexibility index (Phi) is 7.66. The fourth-order valence-corrected chi connectivity index (χ4v) is 2.84. The summed E-state index contributed by atoms with van der Waals surface area (Å²) in [5.74, 6) is 0. The Balaban J connectivity index is 0.00000118. The second kappa shape index (κ2) is 7.82. The van der Waals surface area contributed by atoms with Crippen LogP contribution >= 0.6 is 8.25 Å². The van der Waals surface area contributed by atoms with Gasteiger partial charge >= 0.3 is 20.6 Å². The van der Waals surface area contributed by atoms with Crippen molar-refractivity contribution in [3.8, 4) is 0 Å². The first-order chi connectivity index (χ1) is 10.4. The standard InChI is InChI=1S/C12H20F6N2.HO3P/c1-9(2)6-19-8(5-11(13,14)15)10(3,4)20(9)7-12(16,17)18;1-4(2)3/h8,19H,5-7H2,1-4H3;(H-,1,2,3)/p+1. The zero-order chi connectivity index (χ0) is 19.6. The zero-order valence-electron chi connectivity index (χ0n) is 13.7. The van der Waals surface area contributed by atoms with Crippen LogP contribution in [0.2, 0.25) is 0 Å². The fourth-order valence-electron chi connectivity index (χ4n) is 2.84. The van der Waals surface area contributed by atoms with Crippen LogP contribution in [-0.2, 0) is 4.57 Å². The fraction of sp³-hybridized carbons (Fsp3) is 1.00. The summed E-state index contributed by atoms with van der Waals surface area (Å²) in [6, 6.07) is -1.07. The van der Waals surface area contributed by atoms with E-state index in [0.717, 1.165) is 4.90 Å². The summed E-state index contributed by atoms with van der Waals surface area (Å²) in [4.78, 5) is 15.4. The van der Waals surface area contributed by atoms with Gasteiger partial charge in [-0.05, 0) is 27.7 Å². The Labute approximate surface area is 137 Å². The molecule has 1 rings (SSSR count). The van der Waals surface area contributed by atoms with E-state index in [1.165, 1.54) is 13.8 Å². The Bertz CT molecular complexity index is 435. The maximum absolute atomic E-state index is 12.7. The van der Waals surface area contributed by atoms with Crippen molar-refractivity contribution in [1.29, 1.82) is 0 Å². The molecule has 12 heteroatoms. The van der Waals surface area contributed by atoms with Gasteiger partial charge in [-0.1, -0.05) is 0 Å². The molecule has 0 radical (unpaired) electrons. The SMILES string of the molecule is CC1(C)CNC(CC(F)(F)F)C(C)(C)N1CC(F)(F)F.O=[P+](O)O. The van der Waals surface area contributed by atoms with E-state index in [1.54, 1.807) is 13.8 Å². The average molecular weight is 387 g/mol. The summed E-state index contributed by atoms with van der Waals surface area (Å²) in [5.41, 5.74) is -2.13. The molecule has 0 bridgehead atoms. The third-order valence-electron chi connectivity index (χ3n) is 3.83. The Morgan fingerprint density at radius 3 is 1.83 bits per heavy atom. The van der Waals surface area contributed by atoms with Gasteiger partial charge in [0.15, 0.2) is 0 Å². The molecule has 1 unspecified atom stereocenters. The van der Waals surface area contributed by atoms with Gasteiger partial charge in [0, 0.05) is 28.2 Å². The first-order valence-electron chi connectivity index (χ1n) is 6.88. The van der Waals surface area contributed by atoms with Crippen molar-refractivity contribution >= 4 is 8.25 Å². The maximum Gasteiger partial charge on any atom is 0.692 e. The normalized spacial score (nSPS) is 24.1. The van der Waals surface area contributed by atoms with Gasteiger partial charge in [-0.3, -0.25) is 4.90 Å². The highest BCUT2D eigenvalue weighted by Gasteiger charge is 2.52. The average Bonchev–Trinajstić information content (AvgIpc) is 2.26. The molecule has 0 aliphatic carbocycles. The molecule has 0 amide bonds. The summed E-state index contributed by atoms with van der Waals surface area (Å²) in [6.07, 6.45) is -10.0. The number of hydrogen-bond donors (Lipinski definition) is 3. The van der Waals surface area contributed by atoms with Gasteiger partial charge < -0.3 is 5.32 Å². The number of halogens is 6. The van der Waals surface area contributed by atoms with Crippen molar-refractivity contribution < 1.29 is 40.7 Å². The van der Waals surface area contributed by atoms with Crippen LogP contribution in [0.4, 0.5) is 26.3 Å². The minimum Gasteiger partial charge on any atom is -0.310 e. The highest BCUT2D eigenvalue weighted by molar-refractivity contribution is 7.30. The van der Waals surface area contributed by atoms with Crippen LogP contribution in [0.3, 0.4) is 0 Å². The lowest BCUT2D eigenvalue weighted by Crippen LogP contribution is -2.73. The molecule has 0 aromatic rings. The van der Waals surface area contributed by atoms with Crippen LogP contribution in [0.5, 0.6) is 0 Å². The van der Waals surface area contributed by atoms with Gasteiger partial charge in [-0.25, -0.2) is 0 Å². The molecular weight excluding hydrogens is 365 g/mol. The molecule has 24 heavy (non-hydrogen) atoms. The minimum absolute atomic E-state index is 0.0766. The monoisotopic (exact) mass is 387 g/mol. The largest absolute Gasteiger partial charge is 0.692 e. The predicted octanol–water partition coefficient (Wildman–Crippen LogP) is 2.96. The van der Waals surface area contributed by atoms with E-state index in [4.69, 9.17) is 14.4 Å². The second-order valence-corrected chi connectivity index (χ2v) is 7.18. The van der Waals surface area contributed by atoms with Crippen LogP contribution in [-0.4, -0.2) is 57.2 Å². The molecule has 1 fully saturated rings. The number of nitrogens with zero attached hydrogens (tertiary/aromatic N) is 1. The second-order valence-electron chi connectivity index (χ2n) is 6.67. The molecule has 1 heterocycles. The van der Waals surface area contributed by atoms with Crippen LogP contribution in [0.15, 0.2) is 0 Å². The Morgan fingerprint density at radius 2 is 1.50 bits per heavy atom. The molecule has 1 atom stereocenters. The third kappa shape index (κ3) is 8.06. The molecule has 0 spiro atoms. The summed E-state index contributed by atoms with van der Waals surface area (Å²) in [7, 11) is -2.87. The van der Waals surface area contributed by atoms with Gasteiger partial charge in [0.2, 0.25) is 0 Å². The summed E-state index contributed by atoms with van der Waals surface area (Å²) in [6.45, 7) is 4.89. The lowest BCUT2D eigenvalue weighted by molar-refractivity contribution is -0.195. The van der Waals surface area contributed by atoms with Gasteiger partial charge in [-0.15, -0.1) is 9.79 Å². The molecule has 0 aromatic heterocycles. The van der Waals surface area contributed by atoms with Gasteiger partial charge in [-0.2, -0.15) is 26.3 Å². The predicted molar refractivity (Wildman–Crippen MR) is 75.4 cm³/mol. The van der Waals surface area contributed by atoms with Crippen molar-refractivity contribution in [3.05, 3.63) is 0 Å². The zero-order valence-corrected chi connectivity index (χ0v) is 14.6. The topological polar surface area (TPSA) is 72.8 Å². The van der Waals surface area contributed by atoms with E-state index in [-0.39, 0.29) is 6.54 Å². The van der Waals surface area contributed by atoms with Crippen LogP contribution in [0.1, 0.15) is 34.1 Å². The van der Waals surface area contributed by atoms with E-state index in [2.05, 4.69) is 5.32 Å². The first kappa shape index (κ1) is 23.5. The number of nitrogens with one attached hydrogen (secondary N) is 1. The third-order valence-corrected chi connectivity index (χ3v) is 3.83. The molecule has 5 nitrogen and oxygen atoms in total. The Hall–Kier alpha value is -0.480. The summed E-state index contributed by atoms with van der Waals surface area (Å²) >= 11 is 0. The number of piperazine rings is 1. The van der Waals surface area contributed by atoms with Crippen molar-refractivity contribution in [2.24, 2.45) is 0 Å². The molecular formula is C12H22F6N2O3P+. The molecule has 1 aliphatic heterocycles. The molecule has 3 N–H and O–H groups in total. The van der Waals surface area contributed by atoms with Crippen molar-refractivity contribution in [1.82, 2.24) is 10.2 Å². The van der Waals surface area contributed by atoms with Crippen LogP contribution < -0.4 is 5.32 Å². The lowest BCUT2D eigenvalue weighted by atomic mass is 9.81. The quantitative estimate of drug-likeness (QED) is 0.502. The minimum atomic E-state index is -4.45. The van der Waals surface area contributed by atoms with Crippen molar-refractivity contribution in [2.45, 2.75) is 63.6 Å².